The van der Waals surface area contributed by atoms with Gasteiger partial charge in [0, 0.05) is 49.1 Å². The number of amides is 3. The summed E-state index contributed by atoms with van der Waals surface area (Å²) < 4.78 is 11.6. The minimum absolute atomic E-state index is 0.248. The number of hydrogen-bond acceptors (Lipinski definition) is 6. The molecule has 3 aromatic carbocycles. The van der Waals surface area contributed by atoms with E-state index in [1.165, 1.54) is 6.20 Å². The molecule has 3 amide bonds. The quantitative estimate of drug-likeness (QED) is 0.273. The fraction of sp³-hybridized carbons (Fsp3) is 0.294. The van der Waals surface area contributed by atoms with Crippen molar-refractivity contribution in [2.75, 3.05) is 18.9 Å². The summed E-state index contributed by atoms with van der Waals surface area (Å²) in [5.74, 6) is 0.485. The summed E-state index contributed by atoms with van der Waals surface area (Å²) in [4.78, 5) is 44.1. The highest BCUT2D eigenvalue weighted by atomic mass is 16.6. The summed E-state index contributed by atoms with van der Waals surface area (Å²) in [7, 11) is 1.54. The van der Waals surface area contributed by atoms with E-state index >= 15 is 0 Å². The number of carbonyl (C=O) groups is 3. The molecule has 0 fully saturated rings. The predicted octanol–water partition coefficient (Wildman–Crippen LogP) is 6.67. The molecule has 0 unspecified atom stereocenters. The summed E-state index contributed by atoms with van der Waals surface area (Å²) >= 11 is 0. The maximum absolute atomic E-state index is 13.5. The Bertz CT molecular complexity index is 1720. The zero-order valence-corrected chi connectivity index (χ0v) is 25.3. The second kappa shape index (κ2) is 11.4. The normalized spacial score (nSPS) is 14.0. The highest BCUT2D eigenvalue weighted by Crippen LogP contribution is 2.36. The topological polar surface area (TPSA) is 110 Å². The molecule has 0 atom stereocenters. The number of pyridine rings is 1. The summed E-state index contributed by atoms with van der Waals surface area (Å²) in [5.41, 5.74) is 2.66. The Morgan fingerprint density at radius 2 is 1.70 bits per heavy atom. The second-order valence-corrected chi connectivity index (χ2v) is 12.3. The molecule has 1 aromatic heterocycles. The summed E-state index contributed by atoms with van der Waals surface area (Å²) in [6.45, 7) is 10.7. The third kappa shape index (κ3) is 6.61. The molecular weight excluding hydrogens is 544 g/mol. The van der Waals surface area contributed by atoms with Gasteiger partial charge in [-0.25, -0.2) is 4.79 Å². The van der Waals surface area contributed by atoms with Crippen molar-refractivity contribution in [3.63, 3.8) is 0 Å². The Balaban J connectivity index is 1.35. The van der Waals surface area contributed by atoms with Crippen LogP contribution in [0.1, 0.15) is 66.6 Å². The molecule has 2 N–H and O–H groups in total. The first kappa shape index (κ1) is 29.6. The largest absolute Gasteiger partial charge is 0.457 e. The molecule has 0 saturated heterocycles. The minimum Gasteiger partial charge on any atom is -0.457 e. The van der Waals surface area contributed by atoms with E-state index < -0.39 is 5.60 Å². The van der Waals surface area contributed by atoms with Gasteiger partial charge in [-0.05, 0) is 85.1 Å². The smallest absolute Gasteiger partial charge is 0.410 e. The molecular formula is C34H36N4O5. The van der Waals surface area contributed by atoms with E-state index in [9.17, 15) is 14.4 Å². The Labute approximate surface area is 251 Å². The van der Waals surface area contributed by atoms with Gasteiger partial charge in [0.1, 0.15) is 22.8 Å². The molecule has 9 nitrogen and oxygen atoms in total. The van der Waals surface area contributed by atoms with Gasteiger partial charge in [-0.15, -0.1) is 0 Å². The minimum atomic E-state index is -0.585. The number of anilines is 1. The number of carbonyl (C=O) groups excluding carboxylic acids is 3. The number of aromatic nitrogens is 1. The van der Waals surface area contributed by atoms with Crippen LogP contribution in [0.15, 0.2) is 72.9 Å². The van der Waals surface area contributed by atoms with Crippen molar-refractivity contribution >= 4 is 34.4 Å². The van der Waals surface area contributed by atoms with Crippen LogP contribution in [0.2, 0.25) is 0 Å². The molecule has 5 rings (SSSR count). The van der Waals surface area contributed by atoms with Gasteiger partial charge in [0.05, 0.1) is 0 Å². The monoisotopic (exact) mass is 580 g/mol. The number of nitrogens with one attached hydrogen (secondary N) is 2. The fourth-order valence-electron chi connectivity index (χ4n) is 5.33. The average Bonchev–Trinajstić information content (AvgIpc) is 2.95. The SMILES string of the molecule is CNC(=O)c1cc(Oc2ccc3c(C(=O)Nc4ccc5c(c4)CN(C(=O)OC(C)(C)C)CC5(C)C)cccc3c2)ccn1. The lowest BCUT2D eigenvalue weighted by molar-refractivity contribution is 0.0174. The number of ether oxygens (including phenoxy) is 2. The molecule has 0 spiro atoms. The Morgan fingerprint density at radius 1 is 0.930 bits per heavy atom. The maximum atomic E-state index is 13.5. The molecule has 1 aliphatic rings. The number of rotatable bonds is 5. The Kier molecular flexibility index (Phi) is 7.84. The Morgan fingerprint density at radius 3 is 2.44 bits per heavy atom. The van der Waals surface area contributed by atoms with Crippen molar-refractivity contribution in [3.8, 4) is 11.5 Å². The van der Waals surface area contributed by atoms with Crippen molar-refractivity contribution in [2.24, 2.45) is 0 Å². The molecule has 1 aliphatic heterocycles. The zero-order chi connectivity index (χ0) is 30.9. The number of benzene rings is 3. The summed E-state index contributed by atoms with van der Waals surface area (Å²) in [5, 5.41) is 7.18. The molecule has 2 heterocycles. The van der Waals surface area contributed by atoms with Crippen molar-refractivity contribution in [3.05, 3.63) is 95.3 Å². The highest BCUT2D eigenvalue weighted by Gasteiger charge is 2.35. The summed E-state index contributed by atoms with van der Waals surface area (Å²) in [6, 6.07) is 20.1. The molecule has 4 aromatic rings. The van der Waals surface area contributed by atoms with Gasteiger partial charge < -0.3 is 25.0 Å². The van der Waals surface area contributed by atoms with Crippen LogP contribution >= 0.6 is 0 Å². The van der Waals surface area contributed by atoms with Crippen molar-refractivity contribution in [1.82, 2.24) is 15.2 Å². The van der Waals surface area contributed by atoms with E-state index in [2.05, 4.69) is 29.5 Å². The molecule has 0 bridgehead atoms. The predicted molar refractivity (Wildman–Crippen MR) is 166 cm³/mol. The number of fused-ring (bicyclic) bond motifs is 2. The van der Waals surface area contributed by atoms with Crippen LogP contribution in [0, 0.1) is 0 Å². The van der Waals surface area contributed by atoms with Gasteiger partial charge in [-0.1, -0.05) is 32.0 Å². The van der Waals surface area contributed by atoms with E-state index in [-0.39, 0.29) is 29.0 Å². The van der Waals surface area contributed by atoms with E-state index in [4.69, 9.17) is 9.47 Å². The molecule has 43 heavy (non-hydrogen) atoms. The van der Waals surface area contributed by atoms with Gasteiger partial charge in [0.25, 0.3) is 11.8 Å². The van der Waals surface area contributed by atoms with Crippen LogP contribution in [-0.2, 0) is 16.7 Å². The van der Waals surface area contributed by atoms with Gasteiger partial charge in [-0.2, -0.15) is 0 Å². The van der Waals surface area contributed by atoms with Crippen molar-refractivity contribution in [2.45, 2.75) is 52.2 Å². The van der Waals surface area contributed by atoms with Gasteiger partial charge >= 0.3 is 6.09 Å². The van der Waals surface area contributed by atoms with Crippen LogP contribution in [-0.4, -0.2) is 47.0 Å². The lowest BCUT2D eigenvalue weighted by Crippen LogP contribution is -2.46. The standard InChI is InChI=1S/C34H36N4O5/c1-33(2,3)43-32(41)38-19-22-16-23(10-13-28(22)34(4,5)20-38)37-30(39)27-9-7-8-21-17-24(11-12-26(21)27)42-25-14-15-36-29(18-25)31(40)35-6/h7-18H,19-20H2,1-6H3,(H,35,40)(H,37,39). The Hall–Kier alpha value is -4.92. The van der Waals surface area contributed by atoms with E-state index in [1.807, 2.05) is 63.2 Å². The third-order valence-electron chi connectivity index (χ3n) is 7.21. The highest BCUT2D eigenvalue weighted by molar-refractivity contribution is 6.13. The average molecular weight is 581 g/mol. The second-order valence-electron chi connectivity index (χ2n) is 12.3. The molecule has 0 saturated carbocycles. The van der Waals surface area contributed by atoms with Crippen LogP contribution in [0.3, 0.4) is 0 Å². The lowest BCUT2D eigenvalue weighted by atomic mass is 9.78. The number of nitrogens with zero attached hydrogens (tertiary/aromatic N) is 2. The molecule has 0 aliphatic carbocycles. The van der Waals surface area contributed by atoms with Gasteiger partial charge in [0.2, 0.25) is 0 Å². The van der Waals surface area contributed by atoms with E-state index in [0.29, 0.717) is 35.8 Å². The van der Waals surface area contributed by atoms with Crippen LogP contribution in [0.25, 0.3) is 10.8 Å². The van der Waals surface area contributed by atoms with Crippen LogP contribution in [0.4, 0.5) is 10.5 Å². The van der Waals surface area contributed by atoms with Crippen LogP contribution in [0.5, 0.6) is 11.5 Å². The fourth-order valence-corrected chi connectivity index (χ4v) is 5.33. The molecule has 222 valence electrons. The third-order valence-corrected chi connectivity index (χ3v) is 7.21. The number of hydrogen-bond donors (Lipinski definition) is 2. The van der Waals surface area contributed by atoms with Crippen molar-refractivity contribution < 1.29 is 23.9 Å². The molecule has 0 radical (unpaired) electrons. The zero-order valence-electron chi connectivity index (χ0n) is 25.3. The first-order valence-corrected chi connectivity index (χ1v) is 14.1. The van der Waals surface area contributed by atoms with E-state index in [0.717, 1.165) is 21.9 Å². The lowest BCUT2D eigenvalue weighted by Gasteiger charge is -2.40. The first-order chi connectivity index (χ1) is 20.3. The van der Waals surface area contributed by atoms with E-state index in [1.54, 1.807) is 36.2 Å². The van der Waals surface area contributed by atoms with Gasteiger partial charge in [0.15, 0.2) is 0 Å². The van der Waals surface area contributed by atoms with Gasteiger partial charge in [-0.3, -0.25) is 14.6 Å². The maximum Gasteiger partial charge on any atom is 0.410 e. The molecule has 9 heteroatoms. The van der Waals surface area contributed by atoms with Crippen molar-refractivity contribution in [1.29, 1.82) is 0 Å². The summed E-state index contributed by atoms with van der Waals surface area (Å²) in [6.07, 6.45) is 1.16. The first-order valence-electron chi connectivity index (χ1n) is 14.1. The van der Waals surface area contributed by atoms with Crippen LogP contribution < -0.4 is 15.4 Å².